The minimum atomic E-state index is -0.107. The predicted molar refractivity (Wildman–Crippen MR) is 120 cm³/mol. The highest BCUT2D eigenvalue weighted by molar-refractivity contribution is 8.18. The van der Waals surface area contributed by atoms with Gasteiger partial charge in [-0.2, -0.15) is 0 Å². The van der Waals surface area contributed by atoms with Crippen molar-refractivity contribution in [3.63, 3.8) is 0 Å². The Labute approximate surface area is 174 Å². The van der Waals surface area contributed by atoms with Crippen molar-refractivity contribution in [3.05, 3.63) is 77.2 Å². The summed E-state index contributed by atoms with van der Waals surface area (Å²) < 4.78 is 5.58. The van der Waals surface area contributed by atoms with Gasteiger partial charge in [-0.1, -0.05) is 48.5 Å². The van der Waals surface area contributed by atoms with E-state index in [-0.39, 0.29) is 5.91 Å². The van der Waals surface area contributed by atoms with Crippen molar-refractivity contribution in [1.29, 1.82) is 0 Å². The molecule has 0 bridgehead atoms. The minimum absolute atomic E-state index is 0.107. The zero-order valence-corrected chi connectivity index (χ0v) is 17.3. The van der Waals surface area contributed by atoms with Crippen LogP contribution in [-0.2, 0) is 4.79 Å². The van der Waals surface area contributed by atoms with Crippen LogP contribution in [0, 0.1) is 0 Å². The molecule has 146 valence electrons. The minimum Gasteiger partial charge on any atom is -0.496 e. The fraction of sp³-hybridized carbons (Fsp3) is 0.130. The van der Waals surface area contributed by atoms with Crippen molar-refractivity contribution < 1.29 is 9.53 Å². The van der Waals surface area contributed by atoms with Gasteiger partial charge in [-0.25, -0.2) is 15.0 Å². The Kier molecular flexibility index (Phi) is 5.38. The van der Waals surface area contributed by atoms with Gasteiger partial charge in [0.05, 0.1) is 17.7 Å². The number of ether oxygens (including phenoxy) is 1. The van der Waals surface area contributed by atoms with Gasteiger partial charge >= 0.3 is 0 Å². The number of thioether (sulfide) groups is 1. The zero-order valence-electron chi connectivity index (χ0n) is 16.5. The first-order valence-electron chi connectivity index (χ1n) is 9.19. The van der Waals surface area contributed by atoms with Crippen molar-refractivity contribution in [2.24, 2.45) is 4.99 Å². The molecule has 1 fully saturated rings. The van der Waals surface area contributed by atoms with E-state index in [0.29, 0.717) is 10.1 Å². The number of methoxy groups -OCH3 is 1. The van der Waals surface area contributed by atoms with E-state index in [9.17, 15) is 4.79 Å². The topological polar surface area (TPSA) is 45.1 Å². The van der Waals surface area contributed by atoms with Gasteiger partial charge in [-0.3, -0.25) is 4.79 Å². The fourth-order valence-electron chi connectivity index (χ4n) is 3.24. The Morgan fingerprint density at radius 1 is 1.00 bits per heavy atom. The van der Waals surface area contributed by atoms with Crippen LogP contribution in [0.3, 0.4) is 0 Å². The molecule has 0 saturated carbocycles. The number of amidine groups is 1. The van der Waals surface area contributed by atoms with Crippen molar-refractivity contribution in [3.8, 4) is 5.75 Å². The van der Waals surface area contributed by atoms with Crippen LogP contribution in [0.25, 0.3) is 16.8 Å². The molecular formula is C23H21N3O2S. The number of hydrogen-bond acceptors (Lipinski definition) is 5. The van der Waals surface area contributed by atoms with Crippen molar-refractivity contribution in [2.75, 3.05) is 21.2 Å². The first-order valence-corrected chi connectivity index (χ1v) is 10.0. The second-order valence-electron chi connectivity index (χ2n) is 6.71. The molecule has 6 heteroatoms. The number of carbonyl (C=O) groups is 1. The third-order valence-corrected chi connectivity index (χ3v) is 5.55. The second kappa shape index (κ2) is 8.11. The van der Waals surface area contributed by atoms with Crippen LogP contribution in [-0.4, -0.2) is 42.3 Å². The third kappa shape index (κ3) is 3.77. The summed E-state index contributed by atoms with van der Waals surface area (Å²) in [5.41, 5.74) is 1.69. The molecule has 3 aromatic rings. The molecule has 1 saturated heterocycles. The number of aliphatic imine (C=N–C) groups is 1. The van der Waals surface area contributed by atoms with Crippen LogP contribution in [0.15, 0.2) is 76.6 Å². The molecule has 1 heterocycles. The SMILES string of the molecule is COc1ccc2ccccc2c1C=C1SC(=Nc2ccccc2)N(N(C)C)C1=O. The summed E-state index contributed by atoms with van der Waals surface area (Å²) in [5, 5.41) is 6.09. The molecule has 0 radical (unpaired) electrons. The van der Waals surface area contributed by atoms with E-state index in [1.165, 1.54) is 11.8 Å². The van der Waals surface area contributed by atoms with Gasteiger partial charge in [0, 0.05) is 19.7 Å². The van der Waals surface area contributed by atoms with E-state index in [1.54, 1.807) is 17.1 Å². The van der Waals surface area contributed by atoms with Gasteiger partial charge in [-0.15, -0.1) is 0 Å². The second-order valence-corrected chi connectivity index (χ2v) is 7.72. The van der Waals surface area contributed by atoms with Crippen LogP contribution in [0.1, 0.15) is 5.56 Å². The number of fused-ring (bicyclic) bond motifs is 1. The van der Waals surface area contributed by atoms with Gasteiger partial charge in [-0.05, 0) is 46.8 Å². The number of carbonyl (C=O) groups excluding carboxylic acids is 1. The third-order valence-electron chi connectivity index (χ3n) is 4.59. The molecule has 0 unspecified atom stereocenters. The Morgan fingerprint density at radius 3 is 2.45 bits per heavy atom. The predicted octanol–water partition coefficient (Wildman–Crippen LogP) is 4.93. The Morgan fingerprint density at radius 2 is 1.72 bits per heavy atom. The highest BCUT2D eigenvalue weighted by Gasteiger charge is 2.35. The first kappa shape index (κ1) is 19.2. The normalized spacial score (nSPS) is 17.1. The van der Waals surface area contributed by atoms with Crippen LogP contribution < -0.4 is 4.74 Å². The Balaban J connectivity index is 1.82. The van der Waals surface area contributed by atoms with E-state index in [4.69, 9.17) is 4.74 Å². The van der Waals surface area contributed by atoms with Crippen LogP contribution in [0.2, 0.25) is 0 Å². The van der Waals surface area contributed by atoms with Crippen LogP contribution in [0.4, 0.5) is 5.69 Å². The fourth-order valence-corrected chi connectivity index (χ4v) is 4.27. The smallest absolute Gasteiger partial charge is 0.281 e. The molecule has 1 aliphatic heterocycles. The molecule has 3 aromatic carbocycles. The maximum Gasteiger partial charge on any atom is 0.281 e. The van der Waals surface area contributed by atoms with Gasteiger partial charge in [0.15, 0.2) is 5.17 Å². The van der Waals surface area contributed by atoms with Gasteiger partial charge in [0.1, 0.15) is 5.75 Å². The molecule has 29 heavy (non-hydrogen) atoms. The van der Waals surface area contributed by atoms with Crippen LogP contribution >= 0.6 is 11.8 Å². The summed E-state index contributed by atoms with van der Waals surface area (Å²) >= 11 is 1.36. The van der Waals surface area contributed by atoms with E-state index in [2.05, 4.69) is 11.1 Å². The lowest BCUT2D eigenvalue weighted by atomic mass is 10.0. The molecular weight excluding hydrogens is 382 g/mol. The summed E-state index contributed by atoms with van der Waals surface area (Å²) in [4.78, 5) is 18.4. The Hall–Kier alpha value is -3.09. The lowest BCUT2D eigenvalue weighted by Gasteiger charge is -2.22. The summed E-state index contributed by atoms with van der Waals surface area (Å²) in [6.07, 6.45) is 1.90. The first-order chi connectivity index (χ1) is 14.1. The van der Waals surface area contributed by atoms with E-state index >= 15 is 0 Å². The molecule has 1 aliphatic rings. The number of nitrogens with zero attached hydrogens (tertiary/aromatic N) is 3. The highest BCUT2D eigenvalue weighted by Crippen LogP contribution is 2.38. The monoisotopic (exact) mass is 403 g/mol. The summed E-state index contributed by atoms with van der Waals surface area (Å²) in [6.45, 7) is 0. The van der Waals surface area contributed by atoms with E-state index < -0.39 is 0 Å². The zero-order chi connectivity index (χ0) is 20.4. The van der Waals surface area contributed by atoms with Crippen molar-refractivity contribution in [1.82, 2.24) is 10.0 Å². The van der Waals surface area contributed by atoms with Gasteiger partial charge < -0.3 is 4.74 Å². The molecule has 1 amide bonds. The van der Waals surface area contributed by atoms with E-state index in [1.807, 2.05) is 80.8 Å². The number of rotatable bonds is 4. The van der Waals surface area contributed by atoms with Gasteiger partial charge in [0.2, 0.25) is 0 Å². The van der Waals surface area contributed by atoms with E-state index in [0.717, 1.165) is 27.8 Å². The molecule has 0 aromatic heterocycles. The van der Waals surface area contributed by atoms with Crippen molar-refractivity contribution >= 4 is 45.4 Å². The molecule has 5 nitrogen and oxygen atoms in total. The largest absolute Gasteiger partial charge is 0.496 e. The number of para-hydroxylation sites is 1. The average Bonchev–Trinajstić information content (AvgIpc) is 3.04. The summed E-state index contributed by atoms with van der Waals surface area (Å²) in [7, 11) is 5.31. The van der Waals surface area contributed by atoms with Gasteiger partial charge in [0.25, 0.3) is 5.91 Å². The number of benzene rings is 3. The maximum atomic E-state index is 13.2. The summed E-state index contributed by atoms with van der Waals surface area (Å²) in [6, 6.07) is 21.7. The number of hydrogen-bond donors (Lipinski definition) is 0. The summed E-state index contributed by atoms with van der Waals surface area (Å²) in [5.74, 6) is 0.624. The maximum absolute atomic E-state index is 13.2. The Bertz CT molecular complexity index is 1120. The molecule has 0 N–H and O–H groups in total. The number of amides is 1. The highest BCUT2D eigenvalue weighted by atomic mass is 32.2. The quantitative estimate of drug-likeness (QED) is 0.580. The lowest BCUT2D eigenvalue weighted by molar-refractivity contribution is -0.130. The molecule has 0 atom stereocenters. The number of hydrazine groups is 1. The molecule has 4 rings (SSSR count). The molecule has 0 aliphatic carbocycles. The lowest BCUT2D eigenvalue weighted by Crippen LogP contribution is -2.40. The van der Waals surface area contributed by atoms with Crippen LogP contribution in [0.5, 0.6) is 5.75 Å². The molecule has 0 spiro atoms. The van der Waals surface area contributed by atoms with Crippen molar-refractivity contribution in [2.45, 2.75) is 0 Å². The standard InChI is InChI=1S/C23H21N3O2S/c1-25(2)26-22(27)21(29-23(26)24-17-10-5-4-6-11-17)15-19-18-12-8-7-9-16(18)13-14-20(19)28-3/h4-15H,1-3H3. The average molecular weight is 404 g/mol.